The molecule has 228 valence electrons. The molecule has 1 heterocycles. The summed E-state index contributed by atoms with van der Waals surface area (Å²) >= 11 is 0. The van der Waals surface area contributed by atoms with Crippen LogP contribution >= 0.6 is 0 Å². The molecule has 4 rings (SSSR count). The average molecular weight is 620 g/mol. The van der Waals surface area contributed by atoms with Crippen LogP contribution in [0.2, 0.25) is 0 Å². The zero-order valence-electron chi connectivity index (χ0n) is 26.4. The van der Waals surface area contributed by atoms with Gasteiger partial charge < -0.3 is 26.6 Å². The minimum absolute atomic E-state index is 0. The number of halogens is 1. The van der Waals surface area contributed by atoms with E-state index >= 15 is 0 Å². The number of aromatic nitrogens is 1. The molecular weight excluding hydrogens is 584 g/mol. The number of nitriles is 1. The molecule has 8 nitrogen and oxygen atoms in total. The smallest absolute Gasteiger partial charge is 1.00 e. The molecule has 0 radical (unpaired) electrons. The summed E-state index contributed by atoms with van der Waals surface area (Å²) in [6, 6.07) is 24.0. The Kier molecular flexibility index (Phi) is 12.9. The van der Waals surface area contributed by atoms with Gasteiger partial charge in [0.25, 0.3) is 5.91 Å². The number of hydrogen-bond donors (Lipinski definition) is 4. The summed E-state index contributed by atoms with van der Waals surface area (Å²) in [5.41, 5.74) is 4.90. The number of aliphatic hydroxyl groups excluding tert-OH is 2. The van der Waals surface area contributed by atoms with Crippen LogP contribution in [0.1, 0.15) is 61.5 Å². The van der Waals surface area contributed by atoms with Crippen molar-refractivity contribution >= 4 is 18.0 Å². The molecule has 1 amide bonds. The molecule has 0 fully saturated rings. The fourth-order valence-corrected chi connectivity index (χ4v) is 5.13. The first-order chi connectivity index (χ1) is 21.1. The van der Waals surface area contributed by atoms with E-state index in [0.717, 1.165) is 11.1 Å². The van der Waals surface area contributed by atoms with Gasteiger partial charge in [-0.2, -0.15) is 5.26 Å². The van der Waals surface area contributed by atoms with E-state index in [1.54, 1.807) is 42.5 Å². The summed E-state index contributed by atoms with van der Waals surface area (Å²) in [6.07, 6.45) is -0.00452. The molecule has 4 N–H and O–H groups in total. The Morgan fingerprint density at radius 1 is 0.978 bits per heavy atom. The van der Waals surface area contributed by atoms with Crippen LogP contribution in [-0.2, 0) is 11.3 Å². The van der Waals surface area contributed by atoms with Crippen molar-refractivity contribution in [3.8, 4) is 28.3 Å². The molecule has 3 aromatic carbocycles. The molecule has 45 heavy (non-hydrogen) atoms. The van der Waals surface area contributed by atoms with E-state index in [9.17, 15) is 24.2 Å². The number of aliphatic carboxylic acids is 1. The summed E-state index contributed by atoms with van der Waals surface area (Å²) in [5.74, 6) is -1.95. The van der Waals surface area contributed by atoms with E-state index in [2.05, 4.69) is 11.4 Å². The minimum Gasteiger partial charge on any atom is -1.00 e. The molecule has 0 spiro atoms. The van der Waals surface area contributed by atoms with Crippen molar-refractivity contribution in [2.45, 2.75) is 51.5 Å². The van der Waals surface area contributed by atoms with E-state index in [-0.39, 0.29) is 55.9 Å². The van der Waals surface area contributed by atoms with Crippen LogP contribution in [-0.4, -0.2) is 44.0 Å². The van der Waals surface area contributed by atoms with Crippen molar-refractivity contribution in [2.24, 2.45) is 0 Å². The molecule has 1 aromatic heterocycles. The Hall–Kier alpha value is -4.04. The van der Waals surface area contributed by atoms with Crippen molar-refractivity contribution in [3.05, 3.63) is 113 Å². The van der Waals surface area contributed by atoms with E-state index in [1.165, 1.54) is 18.2 Å². The van der Waals surface area contributed by atoms with Crippen molar-refractivity contribution < 1.29 is 60.3 Å². The number of carbonyl (C=O) groups excluding carboxylic acids is 1. The maximum absolute atomic E-state index is 14.1. The summed E-state index contributed by atoms with van der Waals surface area (Å²) in [7, 11) is 0. The van der Waals surface area contributed by atoms with Crippen LogP contribution in [0.25, 0.3) is 28.3 Å². The number of carboxylic acid groups (broad SMARTS) is 1. The summed E-state index contributed by atoms with van der Waals surface area (Å²) in [5, 5.41) is 41.8. The van der Waals surface area contributed by atoms with Crippen molar-refractivity contribution in [1.29, 1.82) is 5.26 Å². The van der Waals surface area contributed by atoms with Gasteiger partial charge in [-0.25, -0.2) is 4.39 Å². The molecule has 2 atom stereocenters. The van der Waals surface area contributed by atoms with Crippen LogP contribution in [0.15, 0.2) is 84.9 Å². The fourth-order valence-electron chi connectivity index (χ4n) is 5.13. The normalized spacial score (nSPS) is 12.4. The molecule has 0 unspecified atom stereocenters. The second-order valence-corrected chi connectivity index (χ2v) is 10.7. The van der Waals surface area contributed by atoms with Crippen molar-refractivity contribution in [3.63, 3.8) is 0 Å². The number of hydrogen-bond acceptors (Lipinski definition) is 5. The Labute approximate surface area is 285 Å². The number of rotatable bonds is 12. The minimum atomic E-state index is -1.25. The van der Waals surface area contributed by atoms with Gasteiger partial charge in [-0.3, -0.25) is 9.59 Å². The first-order valence-electron chi connectivity index (χ1n) is 14.2. The fraction of sp³-hybridized carbons (Fsp3) is 0.229. The Bertz CT molecular complexity index is 1680. The Balaban J connectivity index is 0.00000368. The molecule has 0 aliphatic rings. The van der Waals surface area contributed by atoms with Crippen LogP contribution in [0.3, 0.4) is 0 Å². The first-order valence-corrected chi connectivity index (χ1v) is 14.2. The van der Waals surface area contributed by atoms with Gasteiger partial charge in [0, 0.05) is 35.8 Å². The summed E-state index contributed by atoms with van der Waals surface area (Å²) in [4.78, 5) is 25.1. The van der Waals surface area contributed by atoms with E-state index in [1.807, 2.05) is 48.7 Å². The molecule has 0 aliphatic heterocycles. The largest absolute Gasteiger partial charge is 1.00 e. The molecule has 0 saturated carbocycles. The molecular formula is C35H35FN3NaO5. The van der Waals surface area contributed by atoms with E-state index in [4.69, 9.17) is 10.4 Å². The average Bonchev–Trinajstić information content (AvgIpc) is 3.35. The topological polar surface area (TPSA) is 136 Å². The number of carboxylic acids is 1. The first kappa shape index (κ1) is 35.4. The van der Waals surface area contributed by atoms with Crippen molar-refractivity contribution in [2.75, 3.05) is 0 Å². The Morgan fingerprint density at radius 3 is 2.18 bits per heavy atom. The van der Waals surface area contributed by atoms with Gasteiger partial charge in [0.1, 0.15) is 11.5 Å². The molecule has 0 saturated heterocycles. The SMILES string of the molecule is CC(C)n1c(/C=C/[C@@H](O)C[C@@H](O)CC(=O)O)c(-c2ccc(F)cc2)c(-c2ccccc2)c1C(=O)NCc1ccc(C#N)cc1.[H-].[Na+]. The van der Waals surface area contributed by atoms with Gasteiger partial charge >= 0.3 is 35.5 Å². The van der Waals surface area contributed by atoms with E-state index in [0.29, 0.717) is 33.6 Å². The van der Waals surface area contributed by atoms with E-state index < -0.39 is 30.4 Å². The summed E-state index contributed by atoms with van der Waals surface area (Å²) in [6.45, 7) is 4.05. The number of nitrogens with zero attached hydrogens (tertiary/aromatic N) is 2. The predicted molar refractivity (Wildman–Crippen MR) is 167 cm³/mol. The standard InChI is InChI=1S/C35H34FN3O5.Na.H/c1-22(2)39-30(17-16-28(40)18-29(41)19-31(42)43)32(26-12-14-27(36)15-13-26)33(25-6-4-3-5-7-25)34(39)35(44)38-21-24-10-8-23(20-37)9-11-24;;/h3-17,22,28-29,40-41H,18-19,21H2,1-2H3,(H,38,44)(H,42,43);;/q;+1;-1/b17-16+;;/t28-,29-;;/m1../s1. The molecule has 0 bridgehead atoms. The molecule has 0 aliphatic carbocycles. The third-order valence-corrected chi connectivity index (χ3v) is 7.11. The van der Waals surface area contributed by atoms with Crippen LogP contribution in [0.4, 0.5) is 4.39 Å². The van der Waals surface area contributed by atoms with Gasteiger partial charge in [0.2, 0.25) is 0 Å². The Morgan fingerprint density at radius 2 is 1.60 bits per heavy atom. The number of aliphatic hydroxyl groups is 2. The molecule has 4 aromatic rings. The van der Waals surface area contributed by atoms with Gasteiger partial charge in [-0.1, -0.05) is 60.7 Å². The third-order valence-electron chi connectivity index (χ3n) is 7.11. The number of nitrogens with one attached hydrogen (secondary N) is 1. The van der Waals surface area contributed by atoms with Gasteiger partial charge in [-0.15, -0.1) is 0 Å². The number of amides is 1. The zero-order chi connectivity index (χ0) is 31.8. The van der Waals surface area contributed by atoms with Gasteiger partial charge in [-0.05, 0) is 60.9 Å². The van der Waals surface area contributed by atoms with Gasteiger partial charge in [0.15, 0.2) is 0 Å². The van der Waals surface area contributed by atoms with Crippen LogP contribution in [0.5, 0.6) is 0 Å². The van der Waals surface area contributed by atoms with Gasteiger partial charge in [0.05, 0.1) is 30.3 Å². The predicted octanol–water partition coefficient (Wildman–Crippen LogP) is 3.06. The number of benzene rings is 3. The second kappa shape index (κ2) is 16.3. The summed E-state index contributed by atoms with van der Waals surface area (Å²) < 4.78 is 15.9. The zero-order valence-corrected chi connectivity index (χ0v) is 27.4. The number of carbonyl (C=O) groups is 2. The maximum Gasteiger partial charge on any atom is 1.00 e. The van der Waals surface area contributed by atoms with Crippen molar-refractivity contribution in [1.82, 2.24) is 9.88 Å². The van der Waals surface area contributed by atoms with Crippen LogP contribution < -0.4 is 34.9 Å². The van der Waals surface area contributed by atoms with Crippen LogP contribution in [0, 0.1) is 17.1 Å². The quantitative estimate of drug-likeness (QED) is 0.180. The monoisotopic (exact) mass is 619 g/mol. The third kappa shape index (κ3) is 9.01. The second-order valence-electron chi connectivity index (χ2n) is 10.7. The molecule has 10 heteroatoms. The maximum atomic E-state index is 14.1.